The number of Topliss-reactive ketones (excluding diaryl/α,β-unsaturated/α-hetero) is 1. The van der Waals surface area contributed by atoms with Crippen LogP contribution in [0.2, 0.25) is 0 Å². The molecule has 0 spiro atoms. The zero-order valence-corrected chi connectivity index (χ0v) is 10.9. The van der Waals surface area contributed by atoms with E-state index >= 15 is 0 Å². The van der Waals surface area contributed by atoms with Crippen LogP contribution in [0.15, 0.2) is 12.1 Å². The normalized spacial score (nSPS) is 11.6. The monoisotopic (exact) mass is 219 g/mol. The second-order valence-corrected chi connectivity index (χ2v) is 5.62. The predicted molar refractivity (Wildman–Crippen MR) is 66.7 cm³/mol. The zero-order chi connectivity index (χ0) is 12.3. The van der Waals surface area contributed by atoms with E-state index in [-0.39, 0.29) is 11.2 Å². The first-order valence-electron chi connectivity index (χ1n) is 5.76. The molecule has 1 heterocycles. The highest BCUT2D eigenvalue weighted by Crippen LogP contribution is 2.22. The molecule has 88 valence electrons. The Hall–Kier alpha value is -1.18. The van der Waals surface area contributed by atoms with Gasteiger partial charge in [0.15, 0.2) is 5.78 Å². The van der Waals surface area contributed by atoms with Gasteiger partial charge in [0, 0.05) is 23.4 Å². The molecule has 0 aliphatic heterocycles. The molecular formula is C14H21NO. The zero-order valence-electron chi connectivity index (χ0n) is 10.9. The van der Waals surface area contributed by atoms with E-state index in [4.69, 9.17) is 0 Å². The van der Waals surface area contributed by atoms with Crippen molar-refractivity contribution in [2.24, 2.45) is 5.41 Å². The molecule has 0 saturated carbocycles. The highest BCUT2D eigenvalue weighted by molar-refractivity contribution is 5.96. The van der Waals surface area contributed by atoms with Crippen molar-refractivity contribution in [1.29, 1.82) is 0 Å². The second kappa shape index (κ2) is 4.77. The van der Waals surface area contributed by atoms with E-state index in [1.165, 1.54) is 0 Å². The summed E-state index contributed by atoms with van der Waals surface area (Å²) in [5.74, 6) is 0.225. The Balaban J connectivity index is 2.73. The lowest BCUT2D eigenvalue weighted by molar-refractivity contribution is 0.0965. The number of hydrogen-bond acceptors (Lipinski definition) is 2. The summed E-state index contributed by atoms with van der Waals surface area (Å²) in [7, 11) is 0. The van der Waals surface area contributed by atoms with Crippen LogP contribution < -0.4 is 0 Å². The highest BCUT2D eigenvalue weighted by atomic mass is 16.1. The number of aryl methyl sites for hydroxylation is 2. The Morgan fingerprint density at radius 3 is 2.12 bits per heavy atom. The van der Waals surface area contributed by atoms with Crippen molar-refractivity contribution in [1.82, 2.24) is 4.98 Å². The van der Waals surface area contributed by atoms with Gasteiger partial charge in [-0.3, -0.25) is 9.78 Å². The molecule has 0 bridgehead atoms. The average Bonchev–Trinajstić information content (AvgIpc) is 2.11. The number of rotatable bonds is 3. The van der Waals surface area contributed by atoms with Crippen molar-refractivity contribution in [3.8, 4) is 0 Å². The fraction of sp³-hybridized carbons (Fsp3) is 0.571. The van der Waals surface area contributed by atoms with E-state index < -0.39 is 0 Å². The fourth-order valence-electron chi connectivity index (χ4n) is 1.63. The summed E-state index contributed by atoms with van der Waals surface area (Å²) in [6.45, 7) is 10.3. The first kappa shape index (κ1) is 12.9. The molecule has 0 fully saturated rings. The van der Waals surface area contributed by atoms with Crippen LogP contribution >= 0.6 is 0 Å². The van der Waals surface area contributed by atoms with Crippen molar-refractivity contribution >= 4 is 5.78 Å². The molecule has 1 aromatic rings. The van der Waals surface area contributed by atoms with E-state index in [0.717, 1.165) is 23.4 Å². The topological polar surface area (TPSA) is 30.0 Å². The summed E-state index contributed by atoms with van der Waals surface area (Å²) in [6.07, 6.45) is 1.54. The fourth-order valence-corrected chi connectivity index (χ4v) is 1.63. The largest absolute Gasteiger partial charge is 0.294 e. The van der Waals surface area contributed by atoms with Crippen LogP contribution in [0, 0.1) is 19.3 Å². The molecule has 0 saturated heterocycles. The Morgan fingerprint density at radius 1 is 1.19 bits per heavy atom. The van der Waals surface area contributed by atoms with Crippen LogP contribution in [0.4, 0.5) is 0 Å². The maximum absolute atomic E-state index is 12.0. The molecule has 0 atom stereocenters. The number of carbonyl (C=O) groups excluding carboxylic acids is 1. The summed E-state index contributed by atoms with van der Waals surface area (Å²) < 4.78 is 0. The van der Waals surface area contributed by atoms with Gasteiger partial charge in [0.2, 0.25) is 0 Å². The van der Waals surface area contributed by atoms with Crippen molar-refractivity contribution < 1.29 is 4.79 Å². The average molecular weight is 219 g/mol. The molecule has 1 rings (SSSR count). The quantitative estimate of drug-likeness (QED) is 0.725. The van der Waals surface area contributed by atoms with Crippen molar-refractivity contribution in [2.75, 3.05) is 0 Å². The molecule has 0 aromatic carbocycles. The highest BCUT2D eigenvalue weighted by Gasteiger charge is 2.14. The van der Waals surface area contributed by atoms with Gasteiger partial charge < -0.3 is 0 Å². The Kier molecular flexibility index (Phi) is 3.84. The first-order valence-corrected chi connectivity index (χ1v) is 5.76. The third-order valence-electron chi connectivity index (χ3n) is 2.51. The van der Waals surface area contributed by atoms with E-state index in [0.29, 0.717) is 6.42 Å². The van der Waals surface area contributed by atoms with Gasteiger partial charge in [-0.2, -0.15) is 0 Å². The van der Waals surface area contributed by atoms with Gasteiger partial charge in [-0.25, -0.2) is 0 Å². The second-order valence-electron chi connectivity index (χ2n) is 5.62. The molecule has 16 heavy (non-hydrogen) atoms. The molecule has 0 N–H and O–H groups in total. The van der Waals surface area contributed by atoms with E-state index in [1.54, 1.807) is 0 Å². The minimum absolute atomic E-state index is 0.215. The summed E-state index contributed by atoms with van der Waals surface area (Å²) >= 11 is 0. The Morgan fingerprint density at radius 2 is 1.69 bits per heavy atom. The van der Waals surface area contributed by atoms with Crippen LogP contribution in [-0.4, -0.2) is 10.8 Å². The lowest BCUT2D eigenvalue weighted by Gasteiger charge is -2.17. The van der Waals surface area contributed by atoms with E-state index in [1.807, 2.05) is 26.0 Å². The van der Waals surface area contributed by atoms with Gasteiger partial charge in [-0.15, -0.1) is 0 Å². The minimum Gasteiger partial charge on any atom is -0.294 e. The molecule has 0 radical (unpaired) electrons. The number of hydrogen-bond donors (Lipinski definition) is 0. The van der Waals surface area contributed by atoms with Crippen LogP contribution in [0.1, 0.15) is 55.4 Å². The third kappa shape index (κ3) is 4.13. The van der Waals surface area contributed by atoms with Gasteiger partial charge >= 0.3 is 0 Å². The number of carbonyl (C=O) groups is 1. The summed E-state index contributed by atoms with van der Waals surface area (Å²) in [6, 6.07) is 3.75. The molecule has 2 heteroatoms. The maximum atomic E-state index is 12.0. The van der Waals surface area contributed by atoms with Crippen LogP contribution in [0.5, 0.6) is 0 Å². The maximum Gasteiger partial charge on any atom is 0.163 e. The standard InChI is InChI=1S/C14H21NO/c1-10-8-12(9-11(2)15-10)13(16)6-7-14(3,4)5/h8-9H,6-7H2,1-5H3. The van der Waals surface area contributed by atoms with Gasteiger partial charge in [0.05, 0.1) is 0 Å². The predicted octanol–water partition coefficient (Wildman–Crippen LogP) is 3.71. The van der Waals surface area contributed by atoms with Crippen molar-refractivity contribution in [3.05, 3.63) is 29.1 Å². The summed E-state index contributed by atoms with van der Waals surface area (Å²) in [5, 5.41) is 0. The Bertz CT molecular complexity index is 368. The number of nitrogens with zero attached hydrogens (tertiary/aromatic N) is 1. The SMILES string of the molecule is Cc1cc(C(=O)CCC(C)(C)C)cc(C)n1. The molecule has 0 amide bonds. The number of aromatic nitrogens is 1. The molecule has 0 unspecified atom stereocenters. The van der Waals surface area contributed by atoms with E-state index in [9.17, 15) is 4.79 Å². The van der Waals surface area contributed by atoms with E-state index in [2.05, 4.69) is 25.8 Å². The van der Waals surface area contributed by atoms with Crippen LogP contribution in [0.25, 0.3) is 0 Å². The Labute approximate surface area is 98.1 Å². The van der Waals surface area contributed by atoms with Crippen LogP contribution in [-0.2, 0) is 0 Å². The smallest absolute Gasteiger partial charge is 0.163 e. The molecular weight excluding hydrogens is 198 g/mol. The summed E-state index contributed by atoms with van der Waals surface area (Å²) in [5.41, 5.74) is 2.85. The summed E-state index contributed by atoms with van der Waals surface area (Å²) in [4.78, 5) is 16.2. The lowest BCUT2D eigenvalue weighted by atomic mass is 9.88. The van der Waals surface area contributed by atoms with Gasteiger partial charge in [0.25, 0.3) is 0 Å². The van der Waals surface area contributed by atoms with Crippen molar-refractivity contribution in [3.63, 3.8) is 0 Å². The molecule has 2 nitrogen and oxygen atoms in total. The minimum atomic E-state index is 0.215. The number of pyridine rings is 1. The van der Waals surface area contributed by atoms with Gasteiger partial charge in [0.1, 0.15) is 0 Å². The molecule has 0 aliphatic carbocycles. The third-order valence-corrected chi connectivity index (χ3v) is 2.51. The molecule has 0 aliphatic rings. The lowest BCUT2D eigenvalue weighted by Crippen LogP contribution is -2.09. The van der Waals surface area contributed by atoms with Crippen LogP contribution in [0.3, 0.4) is 0 Å². The van der Waals surface area contributed by atoms with Crippen molar-refractivity contribution in [2.45, 2.75) is 47.5 Å². The van der Waals surface area contributed by atoms with Gasteiger partial charge in [-0.1, -0.05) is 20.8 Å². The first-order chi connectivity index (χ1) is 7.28. The molecule has 1 aromatic heterocycles. The van der Waals surface area contributed by atoms with Gasteiger partial charge in [-0.05, 0) is 37.8 Å². The number of ketones is 1.